The number of likely N-dealkylation sites (N-methyl/N-ethyl adjacent to an activating group) is 1. The van der Waals surface area contributed by atoms with Gasteiger partial charge in [0, 0.05) is 30.1 Å². The minimum absolute atomic E-state index is 0.0433. The van der Waals surface area contributed by atoms with E-state index in [0.717, 1.165) is 21.9 Å². The minimum Gasteiger partial charge on any atom is -0.357 e. The number of sulfonamides is 1. The number of aryl methyl sites for hydroxylation is 1. The zero-order valence-electron chi connectivity index (χ0n) is 23.9. The Hall–Kier alpha value is -3.85. The summed E-state index contributed by atoms with van der Waals surface area (Å²) in [6.07, 6.45) is 0.974. The van der Waals surface area contributed by atoms with Gasteiger partial charge < -0.3 is 10.2 Å². The average molecular weight is 639 g/mol. The number of nitrogens with zero attached hydrogens (tertiary/aromatic N) is 2. The van der Waals surface area contributed by atoms with E-state index in [0.29, 0.717) is 21.3 Å². The Bertz CT molecular complexity index is 1650. The molecule has 0 aromatic heterocycles. The molecule has 0 saturated heterocycles. The number of amides is 2. The second kappa shape index (κ2) is 14.6. The van der Waals surface area contributed by atoms with Crippen LogP contribution in [0, 0.1) is 0 Å². The van der Waals surface area contributed by atoms with Crippen LogP contribution >= 0.6 is 23.2 Å². The minimum atomic E-state index is -4.16. The zero-order valence-corrected chi connectivity index (χ0v) is 26.2. The van der Waals surface area contributed by atoms with Crippen LogP contribution in [0.15, 0.2) is 108 Å². The summed E-state index contributed by atoms with van der Waals surface area (Å²) in [6, 6.07) is 28.3. The monoisotopic (exact) mass is 637 g/mol. The normalized spacial score (nSPS) is 11.9. The van der Waals surface area contributed by atoms with E-state index in [1.54, 1.807) is 48.5 Å². The summed E-state index contributed by atoms with van der Waals surface area (Å²) >= 11 is 12.6. The van der Waals surface area contributed by atoms with Crippen LogP contribution in [0.2, 0.25) is 10.0 Å². The van der Waals surface area contributed by atoms with Gasteiger partial charge in [0.2, 0.25) is 11.8 Å². The van der Waals surface area contributed by atoms with Gasteiger partial charge in [-0.05, 0) is 59.5 Å². The topological polar surface area (TPSA) is 86.8 Å². The van der Waals surface area contributed by atoms with Gasteiger partial charge in [-0.3, -0.25) is 13.9 Å². The van der Waals surface area contributed by atoms with Crippen molar-refractivity contribution in [2.24, 2.45) is 0 Å². The molecule has 1 N–H and O–H groups in total. The number of anilines is 1. The number of nitrogens with one attached hydrogen (secondary N) is 1. The average Bonchev–Trinajstić information content (AvgIpc) is 3.03. The van der Waals surface area contributed by atoms with Gasteiger partial charge in [0.05, 0.1) is 10.6 Å². The summed E-state index contributed by atoms with van der Waals surface area (Å²) < 4.78 is 29.1. The molecule has 0 heterocycles. The number of rotatable bonds is 12. The molecule has 7 nitrogen and oxygen atoms in total. The Kier molecular flexibility index (Phi) is 10.9. The van der Waals surface area contributed by atoms with E-state index in [4.69, 9.17) is 23.2 Å². The van der Waals surface area contributed by atoms with Crippen molar-refractivity contribution in [3.05, 3.63) is 130 Å². The lowest BCUT2D eigenvalue weighted by atomic mass is 10.0. The van der Waals surface area contributed by atoms with Crippen molar-refractivity contribution in [2.75, 3.05) is 17.9 Å². The fourth-order valence-electron chi connectivity index (χ4n) is 4.70. The molecule has 1 atom stereocenters. The maximum Gasteiger partial charge on any atom is 0.264 e. The van der Waals surface area contributed by atoms with Crippen LogP contribution in [0.5, 0.6) is 0 Å². The van der Waals surface area contributed by atoms with Gasteiger partial charge in [-0.15, -0.1) is 0 Å². The van der Waals surface area contributed by atoms with Crippen LogP contribution in [0.4, 0.5) is 5.69 Å². The van der Waals surface area contributed by atoms with Crippen molar-refractivity contribution in [1.82, 2.24) is 10.2 Å². The molecule has 4 aromatic carbocycles. The first-order valence-corrected chi connectivity index (χ1v) is 16.0. The SMILES string of the molecule is CCc1ccc(N(CC(=O)N(Cc2ccc(Cl)cc2Cl)[C@@H](Cc2ccccc2)C(=O)NC)S(=O)(=O)c2ccccc2)cc1. The standard InChI is InChI=1S/C33H33Cl2N3O4S/c1-3-24-14-18-28(19-15-24)38(43(41,42)29-12-8-5-9-13-29)23-32(39)37(22-26-16-17-27(34)21-30(26)35)31(33(40)36-2)20-25-10-6-4-7-11-25/h4-19,21,31H,3,20,22-23H2,1-2H3,(H,36,40)/t31-/m0/s1. The van der Waals surface area contributed by atoms with E-state index in [2.05, 4.69) is 5.32 Å². The van der Waals surface area contributed by atoms with E-state index < -0.39 is 34.4 Å². The van der Waals surface area contributed by atoms with Gasteiger partial charge in [-0.1, -0.05) is 96.9 Å². The number of hydrogen-bond acceptors (Lipinski definition) is 4. The van der Waals surface area contributed by atoms with E-state index in [1.807, 2.05) is 49.4 Å². The van der Waals surface area contributed by atoms with E-state index in [-0.39, 0.29) is 17.9 Å². The Morgan fingerprint density at radius 3 is 2.05 bits per heavy atom. The van der Waals surface area contributed by atoms with Crippen molar-refractivity contribution in [1.29, 1.82) is 0 Å². The van der Waals surface area contributed by atoms with Gasteiger partial charge in [0.25, 0.3) is 10.0 Å². The summed E-state index contributed by atoms with van der Waals surface area (Å²) in [6.45, 7) is 1.41. The van der Waals surface area contributed by atoms with Gasteiger partial charge in [0.1, 0.15) is 12.6 Å². The van der Waals surface area contributed by atoms with Crippen molar-refractivity contribution in [3.8, 4) is 0 Å². The molecule has 0 radical (unpaired) electrons. The van der Waals surface area contributed by atoms with E-state index in [9.17, 15) is 18.0 Å². The molecular formula is C33H33Cl2N3O4S. The first-order chi connectivity index (χ1) is 20.6. The molecule has 0 saturated carbocycles. The van der Waals surface area contributed by atoms with Crippen LogP contribution in [-0.2, 0) is 39.0 Å². The molecule has 0 aliphatic rings. The number of carbonyl (C=O) groups is 2. The summed E-state index contributed by atoms with van der Waals surface area (Å²) in [4.78, 5) is 29.1. The molecule has 2 amide bonds. The molecule has 0 aliphatic heterocycles. The first-order valence-electron chi connectivity index (χ1n) is 13.8. The smallest absolute Gasteiger partial charge is 0.264 e. The van der Waals surface area contributed by atoms with E-state index >= 15 is 0 Å². The van der Waals surface area contributed by atoms with Gasteiger partial charge in [0.15, 0.2) is 0 Å². The highest BCUT2D eigenvalue weighted by molar-refractivity contribution is 7.92. The maximum atomic E-state index is 14.3. The lowest BCUT2D eigenvalue weighted by Crippen LogP contribution is -2.53. The number of halogens is 2. The third-order valence-corrected chi connectivity index (χ3v) is 9.49. The lowest BCUT2D eigenvalue weighted by Gasteiger charge is -2.33. The van der Waals surface area contributed by atoms with Crippen molar-refractivity contribution < 1.29 is 18.0 Å². The van der Waals surface area contributed by atoms with Crippen molar-refractivity contribution in [2.45, 2.75) is 37.2 Å². The fraction of sp³-hybridized carbons (Fsp3) is 0.212. The molecule has 4 aromatic rings. The van der Waals surface area contributed by atoms with Crippen LogP contribution < -0.4 is 9.62 Å². The van der Waals surface area contributed by atoms with E-state index in [1.165, 1.54) is 24.1 Å². The Morgan fingerprint density at radius 1 is 0.837 bits per heavy atom. The Balaban J connectivity index is 1.80. The second-order valence-electron chi connectivity index (χ2n) is 9.92. The third kappa shape index (κ3) is 7.96. The summed E-state index contributed by atoms with van der Waals surface area (Å²) in [5, 5.41) is 3.41. The van der Waals surface area contributed by atoms with Gasteiger partial charge in [-0.25, -0.2) is 8.42 Å². The van der Waals surface area contributed by atoms with Gasteiger partial charge in [-0.2, -0.15) is 0 Å². The molecule has 0 spiro atoms. The predicted molar refractivity (Wildman–Crippen MR) is 172 cm³/mol. The summed E-state index contributed by atoms with van der Waals surface area (Å²) in [7, 11) is -2.66. The molecular weight excluding hydrogens is 605 g/mol. The molecule has 43 heavy (non-hydrogen) atoms. The van der Waals surface area contributed by atoms with Crippen LogP contribution in [0.1, 0.15) is 23.6 Å². The predicted octanol–water partition coefficient (Wildman–Crippen LogP) is 6.14. The highest BCUT2D eigenvalue weighted by Crippen LogP contribution is 2.27. The number of hydrogen-bond donors (Lipinski definition) is 1. The molecule has 10 heteroatoms. The first kappa shape index (κ1) is 32.1. The maximum absolute atomic E-state index is 14.3. The lowest BCUT2D eigenvalue weighted by molar-refractivity contribution is -0.139. The molecule has 4 rings (SSSR count). The zero-order chi connectivity index (χ0) is 31.0. The summed E-state index contributed by atoms with van der Waals surface area (Å²) in [5.41, 5.74) is 2.75. The van der Waals surface area contributed by atoms with Gasteiger partial charge >= 0.3 is 0 Å². The largest absolute Gasteiger partial charge is 0.357 e. The molecule has 0 fully saturated rings. The Labute approximate surface area is 263 Å². The van der Waals surface area contributed by atoms with Crippen LogP contribution in [0.3, 0.4) is 0 Å². The molecule has 224 valence electrons. The molecule has 0 aliphatic carbocycles. The number of carbonyl (C=O) groups excluding carboxylic acids is 2. The molecule has 0 bridgehead atoms. The second-order valence-corrected chi connectivity index (χ2v) is 12.6. The number of benzene rings is 4. The summed E-state index contributed by atoms with van der Waals surface area (Å²) in [5.74, 6) is -0.971. The Morgan fingerprint density at radius 2 is 1.47 bits per heavy atom. The van der Waals surface area contributed by atoms with Crippen LogP contribution in [0.25, 0.3) is 0 Å². The highest BCUT2D eigenvalue weighted by Gasteiger charge is 2.34. The molecule has 0 unspecified atom stereocenters. The van der Waals surface area contributed by atoms with Crippen LogP contribution in [-0.4, -0.2) is 44.8 Å². The van der Waals surface area contributed by atoms with Crippen molar-refractivity contribution >= 4 is 50.7 Å². The van der Waals surface area contributed by atoms with Crippen molar-refractivity contribution in [3.63, 3.8) is 0 Å². The quantitative estimate of drug-likeness (QED) is 0.202. The third-order valence-electron chi connectivity index (χ3n) is 7.12. The highest BCUT2D eigenvalue weighted by atomic mass is 35.5. The fourth-order valence-corrected chi connectivity index (χ4v) is 6.60.